The van der Waals surface area contributed by atoms with Crippen LogP contribution in [0.15, 0.2) is 6.07 Å². The minimum absolute atomic E-state index is 0.270. The van der Waals surface area contributed by atoms with E-state index in [0.717, 1.165) is 37.6 Å². The summed E-state index contributed by atoms with van der Waals surface area (Å²) in [4.78, 5) is 8.81. The van der Waals surface area contributed by atoms with Crippen LogP contribution >= 0.6 is 0 Å². The molecule has 2 rings (SSSR count). The van der Waals surface area contributed by atoms with Crippen LogP contribution in [0.3, 0.4) is 0 Å². The molecular formula is C13H23N5O. The van der Waals surface area contributed by atoms with Crippen molar-refractivity contribution in [2.24, 2.45) is 5.84 Å². The fourth-order valence-corrected chi connectivity index (χ4v) is 2.12. The summed E-state index contributed by atoms with van der Waals surface area (Å²) in [6.45, 7) is 5.87. The lowest BCUT2D eigenvalue weighted by Crippen LogP contribution is -2.15. The van der Waals surface area contributed by atoms with Gasteiger partial charge < -0.3 is 15.5 Å². The molecule has 0 aliphatic carbocycles. The molecule has 19 heavy (non-hydrogen) atoms. The molecule has 1 saturated heterocycles. The third-order valence-corrected chi connectivity index (χ3v) is 3.20. The number of nitrogens with two attached hydrogens (primary N) is 1. The summed E-state index contributed by atoms with van der Waals surface area (Å²) in [5.74, 6) is 7.93. The number of nitrogens with zero attached hydrogens (tertiary/aromatic N) is 2. The van der Waals surface area contributed by atoms with Gasteiger partial charge >= 0.3 is 0 Å². The predicted octanol–water partition coefficient (Wildman–Crippen LogP) is 1.87. The Bertz CT molecular complexity index is 404. The molecular weight excluding hydrogens is 242 g/mol. The number of nitrogen functional groups attached to an aromatic ring is 1. The number of hydrogen-bond acceptors (Lipinski definition) is 6. The number of aromatic nitrogens is 2. The van der Waals surface area contributed by atoms with E-state index in [-0.39, 0.29) is 5.92 Å². The zero-order valence-electron chi connectivity index (χ0n) is 11.6. The first-order valence-electron chi connectivity index (χ1n) is 6.90. The van der Waals surface area contributed by atoms with Gasteiger partial charge in [-0.1, -0.05) is 13.8 Å². The maximum absolute atomic E-state index is 5.59. The minimum atomic E-state index is 0.270. The molecule has 1 aliphatic rings. The second-order valence-electron chi connectivity index (χ2n) is 5.15. The van der Waals surface area contributed by atoms with Crippen LogP contribution in [0, 0.1) is 0 Å². The lowest BCUT2D eigenvalue weighted by molar-refractivity contribution is 0.107. The van der Waals surface area contributed by atoms with Gasteiger partial charge in [0.1, 0.15) is 17.5 Å². The van der Waals surface area contributed by atoms with Crippen LogP contribution in [-0.4, -0.2) is 29.2 Å². The molecule has 0 bridgehead atoms. The first-order valence-corrected chi connectivity index (χ1v) is 6.90. The zero-order chi connectivity index (χ0) is 13.7. The van der Waals surface area contributed by atoms with Crippen molar-refractivity contribution in [2.45, 2.75) is 45.1 Å². The van der Waals surface area contributed by atoms with Crippen LogP contribution in [0.4, 0.5) is 11.6 Å². The van der Waals surface area contributed by atoms with Gasteiger partial charge in [0.25, 0.3) is 0 Å². The van der Waals surface area contributed by atoms with Crippen molar-refractivity contribution in [1.29, 1.82) is 0 Å². The van der Waals surface area contributed by atoms with Crippen LogP contribution in [0.2, 0.25) is 0 Å². The van der Waals surface area contributed by atoms with E-state index in [0.29, 0.717) is 11.9 Å². The molecule has 1 fully saturated rings. The fourth-order valence-electron chi connectivity index (χ4n) is 2.12. The second kappa shape index (κ2) is 6.68. The average Bonchev–Trinajstić information content (AvgIpc) is 2.91. The maximum atomic E-state index is 5.59. The van der Waals surface area contributed by atoms with Gasteiger partial charge in [0.05, 0.1) is 6.10 Å². The molecule has 1 unspecified atom stereocenters. The number of rotatable bonds is 6. The molecule has 6 nitrogen and oxygen atoms in total. The first-order chi connectivity index (χ1) is 9.19. The van der Waals surface area contributed by atoms with Crippen molar-refractivity contribution < 1.29 is 4.74 Å². The van der Waals surface area contributed by atoms with Gasteiger partial charge in [0.2, 0.25) is 0 Å². The number of nitrogens with one attached hydrogen (secondary N) is 2. The normalized spacial score (nSPS) is 18.8. The lowest BCUT2D eigenvalue weighted by Gasteiger charge is -2.13. The Morgan fingerprint density at radius 1 is 1.42 bits per heavy atom. The van der Waals surface area contributed by atoms with Crippen molar-refractivity contribution in [3.05, 3.63) is 11.9 Å². The van der Waals surface area contributed by atoms with Crippen molar-refractivity contribution in [2.75, 3.05) is 23.9 Å². The third-order valence-electron chi connectivity index (χ3n) is 3.20. The summed E-state index contributed by atoms with van der Waals surface area (Å²) in [5, 5.41) is 3.31. The number of hydrazine groups is 1. The standard InChI is InChI=1S/C13H23N5O/c1-9(2)13-16-11(8-12(17-13)18-14)15-6-5-10-4-3-7-19-10/h8-10H,3-7,14H2,1-2H3,(H2,15,16,17,18). The van der Waals surface area contributed by atoms with Crippen LogP contribution in [0.1, 0.15) is 44.9 Å². The molecule has 6 heteroatoms. The van der Waals surface area contributed by atoms with Gasteiger partial charge in [-0.15, -0.1) is 0 Å². The van der Waals surface area contributed by atoms with Gasteiger partial charge in [-0.05, 0) is 19.3 Å². The first kappa shape index (κ1) is 14.0. The van der Waals surface area contributed by atoms with Crippen molar-refractivity contribution in [3.8, 4) is 0 Å². The van der Waals surface area contributed by atoms with E-state index in [2.05, 4.69) is 34.6 Å². The summed E-state index contributed by atoms with van der Waals surface area (Å²) in [5.41, 5.74) is 2.58. The second-order valence-corrected chi connectivity index (χ2v) is 5.15. The maximum Gasteiger partial charge on any atom is 0.145 e. The van der Waals surface area contributed by atoms with Crippen LogP contribution < -0.4 is 16.6 Å². The molecule has 1 aromatic heterocycles. The Hall–Kier alpha value is -1.40. The summed E-state index contributed by atoms with van der Waals surface area (Å²) < 4.78 is 5.59. The minimum Gasteiger partial charge on any atom is -0.378 e. The smallest absolute Gasteiger partial charge is 0.145 e. The SMILES string of the molecule is CC(C)c1nc(NN)cc(NCCC2CCCO2)n1. The highest BCUT2D eigenvalue weighted by Crippen LogP contribution is 2.18. The average molecular weight is 265 g/mol. The van der Waals surface area contributed by atoms with E-state index in [9.17, 15) is 0 Å². The van der Waals surface area contributed by atoms with E-state index >= 15 is 0 Å². The van der Waals surface area contributed by atoms with Crippen LogP contribution in [0.5, 0.6) is 0 Å². The molecule has 2 heterocycles. The molecule has 1 aromatic rings. The molecule has 0 spiro atoms. The van der Waals surface area contributed by atoms with Gasteiger partial charge in [-0.2, -0.15) is 0 Å². The van der Waals surface area contributed by atoms with E-state index in [1.165, 1.54) is 6.42 Å². The van der Waals surface area contributed by atoms with Crippen molar-refractivity contribution in [3.63, 3.8) is 0 Å². The Balaban J connectivity index is 1.92. The lowest BCUT2D eigenvalue weighted by atomic mass is 10.2. The van der Waals surface area contributed by atoms with E-state index in [1.54, 1.807) is 0 Å². The van der Waals surface area contributed by atoms with E-state index in [1.807, 2.05) is 6.07 Å². The summed E-state index contributed by atoms with van der Waals surface area (Å²) >= 11 is 0. The molecule has 1 atom stereocenters. The molecule has 4 N–H and O–H groups in total. The summed E-state index contributed by atoms with van der Waals surface area (Å²) in [6.07, 6.45) is 3.74. The van der Waals surface area contributed by atoms with Crippen molar-refractivity contribution >= 4 is 11.6 Å². The number of anilines is 2. The summed E-state index contributed by atoms with van der Waals surface area (Å²) in [7, 11) is 0. The van der Waals surface area contributed by atoms with Gasteiger partial charge in [0, 0.05) is 25.1 Å². The van der Waals surface area contributed by atoms with Gasteiger partial charge in [-0.25, -0.2) is 15.8 Å². The zero-order valence-corrected chi connectivity index (χ0v) is 11.6. The predicted molar refractivity (Wildman–Crippen MR) is 76.0 cm³/mol. The highest BCUT2D eigenvalue weighted by atomic mass is 16.5. The quantitative estimate of drug-likeness (QED) is 0.538. The number of hydrogen-bond donors (Lipinski definition) is 3. The Kier molecular flexibility index (Phi) is 4.93. The molecule has 0 radical (unpaired) electrons. The van der Waals surface area contributed by atoms with Gasteiger partial charge in [0.15, 0.2) is 0 Å². The summed E-state index contributed by atoms with van der Waals surface area (Å²) in [6, 6.07) is 1.82. The molecule has 0 saturated carbocycles. The Morgan fingerprint density at radius 3 is 2.84 bits per heavy atom. The van der Waals surface area contributed by atoms with E-state index < -0.39 is 0 Å². The molecule has 0 aromatic carbocycles. The van der Waals surface area contributed by atoms with Gasteiger partial charge in [-0.3, -0.25) is 0 Å². The topological polar surface area (TPSA) is 85.1 Å². The monoisotopic (exact) mass is 265 g/mol. The molecule has 1 aliphatic heterocycles. The largest absolute Gasteiger partial charge is 0.378 e. The molecule has 0 amide bonds. The van der Waals surface area contributed by atoms with Crippen LogP contribution in [0.25, 0.3) is 0 Å². The highest BCUT2D eigenvalue weighted by Gasteiger charge is 2.15. The molecule has 106 valence electrons. The Labute approximate surface area is 114 Å². The number of ether oxygens (including phenoxy) is 1. The Morgan fingerprint density at radius 2 is 2.21 bits per heavy atom. The van der Waals surface area contributed by atoms with Crippen molar-refractivity contribution in [1.82, 2.24) is 9.97 Å². The van der Waals surface area contributed by atoms with E-state index in [4.69, 9.17) is 10.6 Å². The van der Waals surface area contributed by atoms with Crippen LogP contribution in [-0.2, 0) is 4.74 Å². The highest BCUT2D eigenvalue weighted by molar-refractivity contribution is 5.47. The fraction of sp³-hybridized carbons (Fsp3) is 0.692. The third kappa shape index (κ3) is 4.04.